The molecule has 0 bridgehead atoms. The SMILES string of the molecule is Cc1ccc2c(c1)[C@@]1(C)C=C(N)C(=O)C[C@H]1O2. The lowest BCUT2D eigenvalue weighted by molar-refractivity contribution is -0.118. The van der Waals surface area contributed by atoms with Gasteiger partial charge in [-0.15, -0.1) is 0 Å². The predicted molar refractivity (Wildman–Crippen MR) is 64.8 cm³/mol. The van der Waals surface area contributed by atoms with E-state index in [9.17, 15) is 4.79 Å². The highest BCUT2D eigenvalue weighted by atomic mass is 16.5. The Balaban J connectivity index is 2.19. The van der Waals surface area contributed by atoms with Crippen molar-refractivity contribution in [3.63, 3.8) is 0 Å². The summed E-state index contributed by atoms with van der Waals surface area (Å²) in [4.78, 5) is 11.6. The number of ether oxygens (including phenoxy) is 1. The molecular formula is C14H15NO2. The highest BCUT2D eigenvalue weighted by Crippen LogP contribution is 2.47. The molecule has 0 fully saturated rings. The molecular weight excluding hydrogens is 214 g/mol. The minimum atomic E-state index is -0.265. The molecule has 1 aromatic rings. The number of ketones is 1. The summed E-state index contributed by atoms with van der Waals surface area (Å²) in [5, 5.41) is 0. The molecule has 2 aliphatic rings. The fourth-order valence-corrected chi connectivity index (χ4v) is 2.73. The highest BCUT2D eigenvalue weighted by molar-refractivity contribution is 5.96. The monoisotopic (exact) mass is 229 g/mol. The van der Waals surface area contributed by atoms with Crippen LogP contribution < -0.4 is 10.5 Å². The van der Waals surface area contributed by atoms with Crippen molar-refractivity contribution in [2.24, 2.45) is 5.73 Å². The molecule has 1 heterocycles. The van der Waals surface area contributed by atoms with Crippen LogP contribution in [-0.2, 0) is 10.2 Å². The van der Waals surface area contributed by atoms with E-state index in [0.717, 1.165) is 11.3 Å². The zero-order valence-corrected chi connectivity index (χ0v) is 9.99. The van der Waals surface area contributed by atoms with Gasteiger partial charge in [-0.2, -0.15) is 0 Å². The molecule has 3 nitrogen and oxygen atoms in total. The third-order valence-electron chi connectivity index (χ3n) is 3.80. The molecule has 3 heteroatoms. The van der Waals surface area contributed by atoms with Crippen molar-refractivity contribution < 1.29 is 9.53 Å². The van der Waals surface area contributed by atoms with Crippen LogP contribution in [0.25, 0.3) is 0 Å². The van der Waals surface area contributed by atoms with Crippen LogP contribution in [-0.4, -0.2) is 11.9 Å². The molecule has 88 valence electrons. The number of benzene rings is 1. The van der Waals surface area contributed by atoms with E-state index in [1.54, 1.807) is 0 Å². The molecule has 0 saturated heterocycles. The summed E-state index contributed by atoms with van der Waals surface area (Å²) in [5.41, 5.74) is 8.20. The third-order valence-corrected chi connectivity index (χ3v) is 3.80. The predicted octanol–water partition coefficient (Wildman–Crippen LogP) is 1.83. The number of carbonyl (C=O) groups is 1. The number of allylic oxidation sites excluding steroid dienone is 1. The van der Waals surface area contributed by atoms with Gasteiger partial charge in [0.15, 0.2) is 5.78 Å². The summed E-state index contributed by atoms with van der Waals surface area (Å²) in [6.07, 6.45) is 2.11. The van der Waals surface area contributed by atoms with Gasteiger partial charge < -0.3 is 10.5 Å². The molecule has 1 aliphatic heterocycles. The molecule has 0 amide bonds. The topological polar surface area (TPSA) is 52.3 Å². The van der Waals surface area contributed by atoms with Crippen molar-refractivity contribution in [2.75, 3.05) is 0 Å². The molecule has 1 aromatic carbocycles. The lowest BCUT2D eigenvalue weighted by Gasteiger charge is -2.31. The Hall–Kier alpha value is -1.77. The van der Waals surface area contributed by atoms with Crippen LogP contribution in [0.4, 0.5) is 0 Å². The van der Waals surface area contributed by atoms with Crippen molar-refractivity contribution in [3.8, 4) is 5.75 Å². The largest absolute Gasteiger partial charge is 0.488 e. The highest BCUT2D eigenvalue weighted by Gasteiger charge is 2.47. The first kappa shape index (κ1) is 10.4. The quantitative estimate of drug-likeness (QED) is 0.738. The van der Waals surface area contributed by atoms with E-state index in [0.29, 0.717) is 12.1 Å². The van der Waals surface area contributed by atoms with Crippen LogP contribution in [0.1, 0.15) is 24.5 Å². The second-order valence-corrected chi connectivity index (χ2v) is 5.12. The summed E-state index contributed by atoms with van der Waals surface area (Å²) in [6, 6.07) is 6.12. The fourth-order valence-electron chi connectivity index (χ4n) is 2.73. The van der Waals surface area contributed by atoms with E-state index >= 15 is 0 Å². The number of nitrogens with two attached hydrogens (primary N) is 1. The van der Waals surface area contributed by atoms with E-state index in [2.05, 4.69) is 19.9 Å². The lowest BCUT2D eigenvalue weighted by Crippen LogP contribution is -2.41. The first-order valence-corrected chi connectivity index (χ1v) is 5.80. The molecule has 0 aromatic heterocycles. The molecule has 17 heavy (non-hydrogen) atoms. The molecule has 2 atom stereocenters. The number of hydrogen-bond acceptors (Lipinski definition) is 3. The fraction of sp³-hybridized carbons (Fsp3) is 0.357. The number of carbonyl (C=O) groups excluding carboxylic acids is 1. The third kappa shape index (κ3) is 1.32. The molecule has 0 saturated carbocycles. The Morgan fingerprint density at radius 1 is 1.47 bits per heavy atom. The summed E-state index contributed by atoms with van der Waals surface area (Å²) in [7, 11) is 0. The van der Waals surface area contributed by atoms with Crippen molar-refractivity contribution in [1.29, 1.82) is 0 Å². The molecule has 0 unspecified atom stereocenters. The molecule has 0 radical (unpaired) electrons. The maximum absolute atomic E-state index is 11.6. The molecule has 1 aliphatic carbocycles. The van der Waals surface area contributed by atoms with Gasteiger partial charge in [-0.1, -0.05) is 17.7 Å². The van der Waals surface area contributed by atoms with Gasteiger partial charge >= 0.3 is 0 Å². The maximum Gasteiger partial charge on any atom is 0.181 e. The molecule has 3 rings (SSSR count). The van der Waals surface area contributed by atoms with Crippen LogP contribution in [0.5, 0.6) is 5.75 Å². The minimum Gasteiger partial charge on any atom is -0.488 e. The van der Waals surface area contributed by atoms with E-state index in [1.807, 2.05) is 18.2 Å². The summed E-state index contributed by atoms with van der Waals surface area (Å²) >= 11 is 0. The molecule has 2 N–H and O–H groups in total. The average molecular weight is 229 g/mol. The maximum atomic E-state index is 11.6. The number of rotatable bonds is 0. The zero-order chi connectivity index (χ0) is 12.2. The van der Waals surface area contributed by atoms with E-state index in [4.69, 9.17) is 10.5 Å². The van der Waals surface area contributed by atoms with Crippen LogP contribution in [0.3, 0.4) is 0 Å². The Morgan fingerprint density at radius 3 is 3.00 bits per heavy atom. The summed E-state index contributed by atoms with van der Waals surface area (Å²) in [5.74, 6) is 0.860. The van der Waals surface area contributed by atoms with Crippen LogP contribution in [0, 0.1) is 6.92 Å². The van der Waals surface area contributed by atoms with Crippen LogP contribution in [0.15, 0.2) is 30.0 Å². The smallest absolute Gasteiger partial charge is 0.181 e. The Labute approximate surface area is 100 Å². The van der Waals surface area contributed by atoms with Gasteiger partial charge in [0.2, 0.25) is 0 Å². The second kappa shape index (κ2) is 3.13. The van der Waals surface area contributed by atoms with Gasteiger partial charge in [0, 0.05) is 5.56 Å². The van der Waals surface area contributed by atoms with Crippen molar-refractivity contribution in [1.82, 2.24) is 0 Å². The van der Waals surface area contributed by atoms with Gasteiger partial charge in [-0.05, 0) is 26.0 Å². The summed E-state index contributed by atoms with van der Waals surface area (Å²) < 4.78 is 5.87. The van der Waals surface area contributed by atoms with E-state index < -0.39 is 0 Å². The second-order valence-electron chi connectivity index (χ2n) is 5.12. The van der Waals surface area contributed by atoms with Gasteiger partial charge in [-0.3, -0.25) is 4.79 Å². The van der Waals surface area contributed by atoms with E-state index in [1.165, 1.54) is 5.56 Å². The van der Waals surface area contributed by atoms with Crippen molar-refractivity contribution in [3.05, 3.63) is 41.1 Å². The average Bonchev–Trinajstić information content (AvgIpc) is 2.53. The number of fused-ring (bicyclic) bond motifs is 3. The van der Waals surface area contributed by atoms with Gasteiger partial charge in [0.1, 0.15) is 11.9 Å². The van der Waals surface area contributed by atoms with Crippen molar-refractivity contribution in [2.45, 2.75) is 31.8 Å². The van der Waals surface area contributed by atoms with Crippen molar-refractivity contribution >= 4 is 5.78 Å². The first-order valence-electron chi connectivity index (χ1n) is 5.80. The Kier molecular flexibility index (Phi) is 1.91. The van der Waals surface area contributed by atoms with Crippen LogP contribution in [0.2, 0.25) is 0 Å². The standard InChI is InChI=1S/C14H15NO2/c1-8-3-4-12-9(5-8)14(2)7-10(15)11(16)6-13(14)17-12/h3-5,7,13H,6,15H2,1-2H3/t13-,14-/m1/s1. The van der Waals surface area contributed by atoms with E-state index in [-0.39, 0.29) is 17.3 Å². The van der Waals surface area contributed by atoms with Gasteiger partial charge in [-0.25, -0.2) is 0 Å². The van der Waals surface area contributed by atoms with Gasteiger partial charge in [0.05, 0.1) is 17.5 Å². The lowest BCUT2D eigenvalue weighted by atomic mass is 9.73. The Bertz CT molecular complexity index is 547. The first-order chi connectivity index (χ1) is 8.00. The molecule has 0 spiro atoms. The zero-order valence-electron chi connectivity index (χ0n) is 9.99. The number of aryl methyl sites for hydroxylation is 1. The minimum absolute atomic E-state index is 0.0167. The number of hydrogen-bond donors (Lipinski definition) is 1. The summed E-state index contributed by atoms with van der Waals surface area (Å²) in [6.45, 7) is 4.14. The van der Waals surface area contributed by atoms with Gasteiger partial charge in [0.25, 0.3) is 0 Å². The number of Topliss-reactive ketones (excluding diaryl/α,β-unsaturated/α-hetero) is 1. The Morgan fingerprint density at radius 2 is 2.24 bits per heavy atom. The van der Waals surface area contributed by atoms with Crippen LogP contribution >= 0.6 is 0 Å². The normalized spacial score (nSPS) is 30.4.